The minimum absolute atomic E-state index is 0.419. The van der Waals surface area contributed by atoms with Crippen LogP contribution in [-0.2, 0) is 0 Å². The zero-order valence-electron chi connectivity index (χ0n) is 6.14. The molecule has 0 aromatic carbocycles. The fraction of sp³-hybridized carbons (Fsp3) is 0.100. The van der Waals surface area contributed by atoms with Crippen molar-refractivity contribution in [1.29, 1.82) is 0 Å². The molecule has 1 aliphatic carbocycles. The predicted molar refractivity (Wildman–Crippen MR) is 47.5 cm³/mol. The average molecular weight is 143 g/mol. The Morgan fingerprint density at radius 1 is 1.18 bits per heavy atom. The third kappa shape index (κ3) is 1.37. The van der Waals surface area contributed by atoms with Gasteiger partial charge in [0.1, 0.15) is 0 Å². The van der Waals surface area contributed by atoms with E-state index in [2.05, 4.69) is 35.4 Å². The number of aliphatic imine (C=N–C) groups is 1. The molecule has 0 spiro atoms. The first-order valence-electron chi connectivity index (χ1n) is 3.72. The molecule has 2 bridgehead atoms. The van der Waals surface area contributed by atoms with Crippen molar-refractivity contribution in [3.8, 4) is 0 Å². The van der Waals surface area contributed by atoms with Crippen molar-refractivity contribution in [2.24, 2.45) is 10.9 Å². The van der Waals surface area contributed by atoms with Gasteiger partial charge in [-0.15, -0.1) is 0 Å². The molecule has 0 radical (unpaired) electrons. The Balaban J connectivity index is 2.41. The van der Waals surface area contributed by atoms with Gasteiger partial charge >= 0.3 is 0 Å². The van der Waals surface area contributed by atoms with Gasteiger partial charge in [0.15, 0.2) is 0 Å². The van der Waals surface area contributed by atoms with Crippen LogP contribution in [0.15, 0.2) is 53.2 Å². The van der Waals surface area contributed by atoms with E-state index in [0.29, 0.717) is 5.92 Å². The average Bonchev–Trinajstić information content (AvgIpc) is 2.36. The second-order valence-electron chi connectivity index (χ2n) is 2.61. The highest BCUT2D eigenvalue weighted by Crippen LogP contribution is 2.13. The Bertz CT molecular complexity index is 264. The molecule has 0 saturated carbocycles. The lowest BCUT2D eigenvalue weighted by Crippen LogP contribution is -1.85. The lowest BCUT2D eigenvalue weighted by molar-refractivity contribution is 1.07. The number of fused-ring (bicyclic) bond motifs is 1. The summed E-state index contributed by atoms with van der Waals surface area (Å²) in [5.74, 6) is 0.419. The summed E-state index contributed by atoms with van der Waals surface area (Å²) >= 11 is 0. The number of rotatable bonds is 0. The van der Waals surface area contributed by atoms with Crippen LogP contribution in [-0.4, -0.2) is 6.21 Å². The van der Waals surface area contributed by atoms with Crippen LogP contribution in [0, 0.1) is 5.92 Å². The van der Waals surface area contributed by atoms with E-state index in [4.69, 9.17) is 0 Å². The van der Waals surface area contributed by atoms with Crippen LogP contribution in [0.25, 0.3) is 0 Å². The van der Waals surface area contributed by atoms with Crippen molar-refractivity contribution in [3.63, 3.8) is 0 Å². The first-order valence-corrected chi connectivity index (χ1v) is 3.72. The zero-order chi connectivity index (χ0) is 7.52. The van der Waals surface area contributed by atoms with E-state index in [1.807, 2.05) is 18.5 Å². The van der Waals surface area contributed by atoms with E-state index in [-0.39, 0.29) is 0 Å². The molecule has 1 nitrogen and oxygen atoms in total. The highest BCUT2D eigenvalue weighted by atomic mass is 14.7. The molecule has 0 N–H and O–H groups in total. The third-order valence-corrected chi connectivity index (χ3v) is 1.74. The van der Waals surface area contributed by atoms with Crippen LogP contribution in [0.1, 0.15) is 0 Å². The molecule has 0 aromatic rings. The van der Waals surface area contributed by atoms with Gasteiger partial charge in [-0.2, -0.15) is 0 Å². The molecule has 0 fully saturated rings. The Labute approximate surface area is 66.1 Å². The molecule has 0 aromatic heterocycles. The Kier molecular flexibility index (Phi) is 1.56. The van der Waals surface area contributed by atoms with Gasteiger partial charge in [0.05, 0.1) is 0 Å². The Hall–Kier alpha value is -1.37. The fourth-order valence-electron chi connectivity index (χ4n) is 1.18. The van der Waals surface area contributed by atoms with E-state index in [9.17, 15) is 0 Å². The van der Waals surface area contributed by atoms with Crippen LogP contribution < -0.4 is 0 Å². The summed E-state index contributed by atoms with van der Waals surface area (Å²) in [6.45, 7) is 0. The van der Waals surface area contributed by atoms with E-state index in [1.54, 1.807) is 0 Å². The summed E-state index contributed by atoms with van der Waals surface area (Å²) in [7, 11) is 0. The molecule has 1 unspecified atom stereocenters. The maximum Gasteiger partial charge on any atom is 0.0337 e. The summed E-state index contributed by atoms with van der Waals surface area (Å²) in [5, 5.41) is 0. The van der Waals surface area contributed by atoms with Crippen LogP contribution >= 0.6 is 0 Å². The number of nitrogens with zero attached hydrogens (tertiary/aromatic N) is 1. The molecule has 1 heterocycles. The standard InChI is InChI=1S/C10H9N/c1-2-4-10-7-9(3-1)5-6-11-8-10/h1-9H. The van der Waals surface area contributed by atoms with Crippen LogP contribution in [0.5, 0.6) is 0 Å². The van der Waals surface area contributed by atoms with Crippen molar-refractivity contribution in [3.05, 3.63) is 48.2 Å². The van der Waals surface area contributed by atoms with E-state index >= 15 is 0 Å². The quantitative estimate of drug-likeness (QED) is 0.493. The minimum Gasteiger partial charge on any atom is -0.264 e. The molecule has 0 amide bonds. The van der Waals surface area contributed by atoms with Crippen molar-refractivity contribution >= 4 is 6.21 Å². The van der Waals surface area contributed by atoms with Crippen molar-refractivity contribution < 1.29 is 0 Å². The normalized spacial score (nSPS) is 26.2. The SMILES string of the molecule is C1=CC2=CC(C=C1)C=CN=C2. The molecular weight excluding hydrogens is 134 g/mol. The van der Waals surface area contributed by atoms with Gasteiger partial charge in [0, 0.05) is 18.3 Å². The Morgan fingerprint density at radius 3 is 3.18 bits per heavy atom. The molecule has 1 heteroatoms. The maximum atomic E-state index is 4.10. The van der Waals surface area contributed by atoms with Gasteiger partial charge in [-0.05, 0) is 5.57 Å². The first kappa shape index (κ1) is 6.35. The topological polar surface area (TPSA) is 12.4 Å². The van der Waals surface area contributed by atoms with Crippen LogP contribution in [0.2, 0.25) is 0 Å². The molecule has 11 heavy (non-hydrogen) atoms. The molecule has 2 rings (SSSR count). The number of allylic oxidation sites excluding steroid dienone is 7. The third-order valence-electron chi connectivity index (χ3n) is 1.74. The fourth-order valence-corrected chi connectivity index (χ4v) is 1.18. The lowest BCUT2D eigenvalue weighted by atomic mass is 10.1. The summed E-state index contributed by atoms with van der Waals surface area (Å²) in [4.78, 5) is 4.10. The van der Waals surface area contributed by atoms with Gasteiger partial charge in [0.2, 0.25) is 0 Å². The van der Waals surface area contributed by atoms with E-state index in [0.717, 1.165) is 0 Å². The summed E-state index contributed by atoms with van der Waals surface area (Å²) in [6, 6.07) is 0. The maximum absolute atomic E-state index is 4.10. The van der Waals surface area contributed by atoms with Gasteiger partial charge < -0.3 is 0 Å². The lowest BCUT2D eigenvalue weighted by Gasteiger charge is -1.95. The Morgan fingerprint density at radius 2 is 2.18 bits per heavy atom. The molecule has 2 aliphatic rings. The van der Waals surface area contributed by atoms with Crippen molar-refractivity contribution in [2.45, 2.75) is 0 Å². The van der Waals surface area contributed by atoms with Gasteiger partial charge in [-0.3, -0.25) is 4.99 Å². The second kappa shape index (κ2) is 2.70. The van der Waals surface area contributed by atoms with E-state index in [1.165, 1.54) is 5.57 Å². The number of hydrogen-bond donors (Lipinski definition) is 0. The van der Waals surface area contributed by atoms with Crippen LogP contribution in [0.4, 0.5) is 0 Å². The highest BCUT2D eigenvalue weighted by molar-refractivity contribution is 5.83. The molecule has 1 atom stereocenters. The highest BCUT2D eigenvalue weighted by Gasteiger charge is 2.00. The minimum atomic E-state index is 0.419. The first-order chi connectivity index (χ1) is 5.45. The van der Waals surface area contributed by atoms with Crippen LogP contribution in [0.3, 0.4) is 0 Å². The summed E-state index contributed by atoms with van der Waals surface area (Å²) < 4.78 is 0. The summed E-state index contributed by atoms with van der Waals surface area (Å²) in [6.07, 6.45) is 16.3. The van der Waals surface area contributed by atoms with E-state index < -0.39 is 0 Å². The molecular formula is C10H9N. The van der Waals surface area contributed by atoms with Gasteiger partial charge in [0.25, 0.3) is 0 Å². The van der Waals surface area contributed by atoms with Gasteiger partial charge in [-0.1, -0.05) is 36.5 Å². The molecule has 54 valence electrons. The summed E-state index contributed by atoms with van der Waals surface area (Å²) in [5.41, 5.74) is 1.19. The zero-order valence-corrected chi connectivity index (χ0v) is 6.14. The van der Waals surface area contributed by atoms with Gasteiger partial charge in [-0.25, -0.2) is 0 Å². The molecule has 1 aliphatic heterocycles. The monoisotopic (exact) mass is 143 g/mol. The molecule has 0 saturated heterocycles. The predicted octanol–water partition coefficient (Wildman–Crippen LogP) is 2.25. The van der Waals surface area contributed by atoms with Crippen molar-refractivity contribution in [2.75, 3.05) is 0 Å². The number of hydrogen-bond acceptors (Lipinski definition) is 1. The smallest absolute Gasteiger partial charge is 0.0337 e. The van der Waals surface area contributed by atoms with Crippen molar-refractivity contribution in [1.82, 2.24) is 0 Å². The largest absolute Gasteiger partial charge is 0.264 e. The second-order valence-corrected chi connectivity index (χ2v) is 2.61.